The van der Waals surface area contributed by atoms with E-state index < -0.39 is 5.97 Å². The molecule has 0 saturated heterocycles. The minimum atomic E-state index is -1.00. The highest BCUT2D eigenvalue weighted by molar-refractivity contribution is 9.10. The third-order valence-electron chi connectivity index (χ3n) is 3.49. The molecule has 0 atom stereocenters. The average Bonchev–Trinajstić information content (AvgIpc) is 3.11. The highest BCUT2D eigenvalue weighted by atomic mass is 79.9. The lowest BCUT2D eigenvalue weighted by Crippen LogP contribution is -2.17. The van der Waals surface area contributed by atoms with E-state index in [-0.39, 0.29) is 11.5 Å². The first-order valence-corrected chi connectivity index (χ1v) is 8.35. The maximum absolute atomic E-state index is 11.9. The van der Waals surface area contributed by atoms with Crippen LogP contribution in [-0.2, 0) is 0 Å². The van der Waals surface area contributed by atoms with Gasteiger partial charge in [-0.05, 0) is 48.5 Å². The van der Waals surface area contributed by atoms with Crippen molar-refractivity contribution in [3.8, 4) is 11.3 Å². The summed E-state index contributed by atoms with van der Waals surface area (Å²) in [6.07, 6.45) is 1.38. The molecular formula is C19H13BrN2O4. The Morgan fingerprint density at radius 3 is 2.54 bits per heavy atom. The molecule has 0 saturated carbocycles. The molecule has 0 spiro atoms. The summed E-state index contributed by atoms with van der Waals surface area (Å²) in [5.41, 5.74) is 3.72. The molecule has 1 aromatic heterocycles. The van der Waals surface area contributed by atoms with Gasteiger partial charge in [0.15, 0.2) is 0 Å². The highest BCUT2D eigenvalue weighted by Crippen LogP contribution is 2.22. The van der Waals surface area contributed by atoms with E-state index >= 15 is 0 Å². The molecule has 0 unspecified atom stereocenters. The van der Waals surface area contributed by atoms with Gasteiger partial charge in [-0.3, -0.25) is 4.79 Å². The summed E-state index contributed by atoms with van der Waals surface area (Å²) >= 11 is 3.31. The number of aromatic carboxylic acids is 1. The van der Waals surface area contributed by atoms with Gasteiger partial charge in [0.25, 0.3) is 5.91 Å². The summed E-state index contributed by atoms with van der Waals surface area (Å²) in [5.74, 6) is -0.406. The van der Waals surface area contributed by atoms with Crippen LogP contribution in [0.1, 0.15) is 26.5 Å². The van der Waals surface area contributed by atoms with Crippen molar-refractivity contribution in [1.82, 2.24) is 5.43 Å². The molecule has 0 radical (unpaired) electrons. The van der Waals surface area contributed by atoms with Gasteiger partial charge in [-0.2, -0.15) is 5.10 Å². The third kappa shape index (κ3) is 4.25. The van der Waals surface area contributed by atoms with Crippen LogP contribution in [-0.4, -0.2) is 23.2 Å². The number of carbonyl (C=O) groups is 2. The van der Waals surface area contributed by atoms with Crippen LogP contribution in [0.4, 0.5) is 0 Å². The summed E-state index contributed by atoms with van der Waals surface area (Å²) < 4.78 is 6.49. The maximum atomic E-state index is 11.9. The zero-order valence-electron chi connectivity index (χ0n) is 13.3. The van der Waals surface area contributed by atoms with Crippen molar-refractivity contribution in [2.45, 2.75) is 0 Å². The maximum Gasteiger partial charge on any atom is 0.335 e. The lowest BCUT2D eigenvalue weighted by molar-refractivity contribution is 0.0696. The molecule has 130 valence electrons. The fourth-order valence-electron chi connectivity index (χ4n) is 2.20. The van der Waals surface area contributed by atoms with Crippen LogP contribution in [0.3, 0.4) is 0 Å². The lowest BCUT2D eigenvalue weighted by atomic mass is 10.1. The van der Waals surface area contributed by atoms with Crippen LogP contribution >= 0.6 is 15.9 Å². The smallest absolute Gasteiger partial charge is 0.335 e. The zero-order valence-corrected chi connectivity index (χ0v) is 14.9. The van der Waals surface area contributed by atoms with Crippen LogP contribution in [0, 0.1) is 0 Å². The van der Waals surface area contributed by atoms with E-state index in [1.165, 1.54) is 18.3 Å². The Morgan fingerprint density at radius 1 is 1.04 bits per heavy atom. The topological polar surface area (TPSA) is 91.9 Å². The number of benzene rings is 2. The standard InChI is InChI=1S/C19H13BrN2O4/c20-15-6-4-12(5-7-15)18(23)22-21-11-16-8-9-17(26-16)13-2-1-3-14(10-13)19(24)25/h1-11H,(H,22,23)(H,24,25)/b21-11+. The molecule has 3 aromatic rings. The van der Waals surface area contributed by atoms with Crippen molar-refractivity contribution in [2.75, 3.05) is 0 Å². The number of amides is 1. The van der Waals surface area contributed by atoms with Gasteiger partial charge in [0.2, 0.25) is 0 Å². The molecule has 0 fully saturated rings. The first kappa shape index (κ1) is 17.6. The van der Waals surface area contributed by atoms with Crippen molar-refractivity contribution in [3.63, 3.8) is 0 Å². The molecule has 2 aromatic carbocycles. The van der Waals surface area contributed by atoms with Gasteiger partial charge in [-0.1, -0.05) is 28.1 Å². The minimum absolute atomic E-state index is 0.177. The number of halogens is 1. The van der Waals surface area contributed by atoms with Crippen molar-refractivity contribution in [1.29, 1.82) is 0 Å². The Bertz CT molecular complexity index is 977. The van der Waals surface area contributed by atoms with E-state index in [1.807, 2.05) is 0 Å². The van der Waals surface area contributed by atoms with Gasteiger partial charge in [0.05, 0.1) is 11.8 Å². The SMILES string of the molecule is O=C(O)c1cccc(-c2ccc(/C=N/NC(=O)c3ccc(Br)cc3)o2)c1. The molecular weight excluding hydrogens is 400 g/mol. The van der Waals surface area contributed by atoms with E-state index in [2.05, 4.69) is 26.5 Å². The molecule has 26 heavy (non-hydrogen) atoms. The molecule has 3 rings (SSSR count). The fraction of sp³-hybridized carbons (Fsp3) is 0. The number of nitrogens with one attached hydrogen (secondary N) is 1. The molecule has 0 bridgehead atoms. The van der Waals surface area contributed by atoms with E-state index in [0.717, 1.165) is 4.47 Å². The Kier molecular flexibility index (Phi) is 5.28. The van der Waals surface area contributed by atoms with Crippen LogP contribution < -0.4 is 5.43 Å². The zero-order chi connectivity index (χ0) is 18.5. The van der Waals surface area contributed by atoms with Gasteiger partial charge in [0.1, 0.15) is 11.5 Å². The van der Waals surface area contributed by atoms with Crippen molar-refractivity contribution < 1.29 is 19.1 Å². The second-order valence-electron chi connectivity index (χ2n) is 5.29. The van der Waals surface area contributed by atoms with Gasteiger partial charge >= 0.3 is 5.97 Å². The predicted octanol–water partition coefficient (Wildman–Crippen LogP) is 4.17. The Hall–Kier alpha value is -3.19. The van der Waals surface area contributed by atoms with Crippen LogP contribution in [0.2, 0.25) is 0 Å². The number of hydrazone groups is 1. The quantitative estimate of drug-likeness (QED) is 0.485. The minimum Gasteiger partial charge on any atom is -0.478 e. The van der Waals surface area contributed by atoms with Gasteiger partial charge in [-0.15, -0.1) is 0 Å². The van der Waals surface area contributed by atoms with Crippen molar-refractivity contribution in [3.05, 3.63) is 82.0 Å². The number of carboxylic acids is 1. The summed E-state index contributed by atoms with van der Waals surface area (Å²) in [4.78, 5) is 23.0. The molecule has 0 aliphatic rings. The number of carbonyl (C=O) groups excluding carboxylic acids is 1. The molecule has 0 aliphatic carbocycles. The third-order valence-corrected chi connectivity index (χ3v) is 4.01. The molecule has 1 heterocycles. The molecule has 7 heteroatoms. The lowest BCUT2D eigenvalue weighted by Gasteiger charge is -2.00. The van der Waals surface area contributed by atoms with Crippen molar-refractivity contribution in [2.24, 2.45) is 5.10 Å². The fourth-order valence-corrected chi connectivity index (χ4v) is 2.47. The first-order valence-electron chi connectivity index (χ1n) is 7.55. The molecule has 0 aliphatic heterocycles. The van der Waals surface area contributed by atoms with E-state index in [0.29, 0.717) is 22.6 Å². The second kappa shape index (κ2) is 7.79. The number of furan rings is 1. The largest absolute Gasteiger partial charge is 0.478 e. The van der Waals surface area contributed by atoms with Crippen molar-refractivity contribution >= 4 is 34.0 Å². The van der Waals surface area contributed by atoms with Crippen LogP contribution in [0.15, 0.2) is 74.7 Å². The first-order chi connectivity index (χ1) is 12.5. The number of nitrogens with zero attached hydrogens (tertiary/aromatic N) is 1. The summed E-state index contributed by atoms with van der Waals surface area (Å²) in [5, 5.41) is 12.9. The number of rotatable bonds is 5. The Morgan fingerprint density at radius 2 is 1.81 bits per heavy atom. The van der Waals surface area contributed by atoms with Crippen LogP contribution in [0.5, 0.6) is 0 Å². The molecule has 6 nitrogen and oxygen atoms in total. The van der Waals surface area contributed by atoms with Gasteiger partial charge < -0.3 is 9.52 Å². The van der Waals surface area contributed by atoms with E-state index in [1.54, 1.807) is 48.5 Å². The summed E-state index contributed by atoms with van der Waals surface area (Å²) in [7, 11) is 0. The average molecular weight is 413 g/mol. The van der Waals surface area contributed by atoms with E-state index in [9.17, 15) is 9.59 Å². The highest BCUT2D eigenvalue weighted by Gasteiger charge is 2.08. The van der Waals surface area contributed by atoms with E-state index in [4.69, 9.17) is 9.52 Å². The Labute approximate surface area is 157 Å². The summed E-state index contributed by atoms with van der Waals surface area (Å²) in [6, 6.07) is 16.7. The monoisotopic (exact) mass is 412 g/mol. The summed E-state index contributed by atoms with van der Waals surface area (Å²) in [6.45, 7) is 0. The molecule has 1 amide bonds. The number of hydrogen-bond acceptors (Lipinski definition) is 4. The predicted molar refractivity (Wildman–Crippen MR) is 100 cm³/mol. The van der Waals surface area contributed by atoms with Crippen LogP contribution in [0.25, 0.3) is 11.3 Å². The van der Waals surface area contributed by atoms with Gasteiger partial charge in [0, 0.05) is 15.6 Å². The second-order valence-corrected chi connectivity index (χ2v) is 6.21. The Balaban J connectivity index is 1.67. The van der Waals surface area contributed by atoms with Gasteiger partial charge in [-0.25, -0.2) is 10.2 Å². The number of carboxylic acid groups (broad SMARTS) is 1. The molecule has 2 N–H and O–H groups in total. The normalized spacial score (nSPS) is 10.8. The number of hydrogen-bond donors (Lipinski definition) is 2.